The number of rotatable bonds is 5. The van der Waals surface area contributed by atoms with Gasteiger partial charge in [-0.2, -0.15) is 0 Å². The topological polar surface area (TPSA) is 37.3 Å². The van der Waals surface area contributed by atoms with E-state index >= 15 is 0 Å². The molecule has 0 radical (unpaired) electrons. The summed E-state index contributed by atoms with van der Waals surface area (Å²) >= 11 is 4.78. The first-order valence-electron chi connectivity index (χ1n) is 4.48. The Kier molecular flexibility index (Phi) is 4.26. The summed E-state index contributed by atoms with van der Waals surface area (Å²) in [5.41, 5.74) is 2.17. The second kappa shape index (κ2) is 5.50. The molecular weight excluding hydrogens is 196 g/mol. The van der Waals surface area contributed by atoms with Gasteiger partial charge in [-0.1, -0.05) is 36.5 Å². The van der Waals surface area contributed by atoms with E-state index in [4.69, 9.17) is 17.3 Å². The first kappa shape index (κ1) is 10.9. The van der Waals surface area contributed by atoms with E-state index in [9.17, 15) is 4.79 Å². The van der Waals surface area contributed by atoms with Crippen LogP contribution in [0, 0.1) is 0 Å². The summed E-state index contributed by atoms with van der Waals surface area (Å²) in [5, 5.41) is 10.1. The van der Waals surface area contributed by atoms with Crippen LogP contribution in [0.1, 0.15) is 24.0 Å². The van der Waals surface area contributed by atoms with Gasteiger partial charge in [0.15, 0.2) is 0 Å². The van der Waals surface area contributed by atoms with Crippen molar-refractivity contribution < 1.29 is 9.90 Å². The summed E-state index contributed by atoms with van der Waals surface area (Å²) in [7, 11) is 0. The maximum atomic E-state index is 10.3. The second-order valence-corrected chi connectivity index (χ2v) is 3.34. The highest BCUT2D eigenvalue weighted by molar-refractivity contribution is 7.79. The van der Waals surface area contributed by atoms with Crippen LogP contribution in [0.15, 0.2) is 24.3 Å². The monoisotopic (exact) mass is 208 g/mol. The van der Waals surface area contributed by atoms with Crippen molar-refractivity contribution >= 4 is 23.6 Å². The highest BCUT2D eigenvalue weighted by Gasteiger charge is 1.97. The number of aliphatic carboxylic acids is 1. The molecule has 0 aromatic heterocycles. The van der Waals surface area contributed by atoms with E-state index < -0.39 is 5.97 Å². The van der Waals surface area contributed by atoms with Crippen LogP contribution in [-0.2, 0) is 11.2 Å². The summed E-state index contributed by atoms with van der Waals surface area (Å²) in [6.07, 6.45) is 1.73. The molecule has 0 atom stereocenters. The van der Waals surface area contributed by atoms with Gasteiger partial charge in [-0.05, 0) is 24.0 Å². The van der Waals surface area contributed by atoms with Crippen molar-refractivity contribution in [2.24, 2.45) is 0 Å². The van der Waals surface area contributed by atoms with E-state index in [1.165, 1.54) is 0 Å². The molecule has 0 bridgehead atoms. The van der Waals surface area contributed by atoms with Crippen LogP contribution >= 0.6 is 12.2 Å². The Morgan fingerprint density at radius 3 is 2.50 bits per heavy atom. The first-order chi connectivity index (χ1) is 6.72. The number of carboxylic acids is 1. The SMILES string of the molecule is O=C(O)CCCc1ccc(C=S)cc1. The largest absolute Gasteiger partial charge is 0.481 e. The highest BCUT2D eigenvalue weighted by Crippen LogP contribution is 2.06. The normalized spacial score (nSPS) is 9.71. The van der Waals surface area contributed by atoms with Crippen molar-refractivity contribution in [2.75, 3.05) is 0 Å². The molecular formula is C11H12O2S. The van der Waals surface area contributed by atoms with Gasteiger partial charge in [-0.25, -0.2) is 0 Å². The van der Waals surface area contributed by atoms with Crippen LogP contribution in [0.2, 0.25) is 0 Å². The third-order valence-electron chi connectivity index (χ3n) is 1.97. The fraction of sp³-hybridized carbons (Fsp3) is 0.273. The molecule has 1 aromatic carbocycles. The van der Waals surface area contributed by atoms with Crippen LogP contribution in [-0.4, -0.2) is 16.4 Å². The lowest BCUT2D eigenvalue weighted by atomic mass is 10.1. The zero-order chi connectivity index (χ0) is 10.4. The number of thiocarbonyl (C=S) groups is 1. The molecule has 0 fully saturated rings. The van der Waals surface area contributed by atoms with Gasteiger partial charge in [0.05, 0.1) is 0 Å². The van der Waals surface area contributed by atoms with Crippen molar-refractivity contribution in [3.8, 4) is 0 Å². The molecule has 14 heavy (non-hydrogen) atoms. The van der Waals surface area contributed by atoms with Crippen molar-refractivity contribution in [3.05, 3.63) is 35.4 Å². The zero-order valence-electron chi connectivity index (χ0n) is 7.77. The van der Waals surface area contributed by atoms with Crippen LogP contribution in [0.25, 0.3) is 0 Å². The minimum Gasteiger partial charge on any atom is -0.481 e. The lowest BCUT2D eigenvalue weighted by Gasteiger charge is -1.99. The third kappa shape index (κ3) is 3.66. The van der Waals surface area contributed by atoms with Gasteiger partial charge in [-0.3, -0.25) is 4.79 Å². The molecule has 0 heterocycles. The summed E-state index contributed by atoms with van der Waals surface area (Å²) in [4.78, 5) is 10.3. The van der Waals surface area contributed by atoms with Crippen LogP contribution < -0.4 is 0 Å². The molecule has 1 aromatic rings. The predicted octanol–water partition coefficient (Wildman–Crippen LogP) is 2.44. The fourth-order valence-electron chi connectivity index (χ4n) is 1.21. The van der Waals surface area contributed by atoms with E-state index in [0.29, 0.717) is 6.42 Å². The molecule has 0 spiro atoms. The number of hydrogen-bond acceptors (Lipinski definition) is 2. The Hall–Kier alpha value is -1.22. The summed E-state index contributed by atoms with van der Waals surface area (Å²) in [5.74, 6) is -0.736. The van der Waals surface area contributed by atoms with Gasteiger partial charge < -0.3 is 5.11 Å². The molecule has 0 unspecified atom stereocenters. The zero-order valence-corrected chi connectivity index (χ0v) is 8.59. The number of carboxylic acid groups (broad SMARTS) is 1. The van der Waals surface area contributed by atoms with Gasteiger partial charge in [0.2, 0.25) is 0 Å². The van der Waals surface area contributed by atoms with E-state index in [1.54, 1.807) is 5.37 Å². The van der Waals surface area contributed by atoms with E-state index in [1.807, 2.05) is 24.3 Å². The lowest BCUT2D eigenvalue weighted by molar-refractivity contribution is -0.137. The third-order valence-corrected chi connectivity index (χ3v) is 2.24. The Labute approximate surface area is 88.6 Å². The average molecular weight is 208 g/mol. The van der Waals surface area contributed by atoms with Gasteiger partial charge >= 0.3 is 5.97 Å². The predicted molar refractivity (Wildman–Crippen MR) is 59.8 cm³/mol. The molecule has 74 valence electrons. The minimum atomic E-state index is -0.736. The number of hydrogen-bond donors (Lipinski definition) is 1. The summed E-state index contributed by atoms with van der Waals surface area (Å²) in [6, 6.07) is 7.87. The van der Waals surface area contributed by atoms with Gasteiger partial charge in [-0.15, -0.1) is 0 Å². The fourth-order valence-corrected chi connectivity index (χ4v) is 1.36. The summed E-state index contributed by atoms with van der Waals surface area (Å²) < 4.78 is 0. The van der Waals surface area contributed by atoms with Crippen molar-refractivity contribution in [3.63, 3.8) is 0 Å². The Bertz CT molecular complexity index is 317. The lowest BCUT2D eigenvalue weighted by Crippen LogP contribution is -1.95. The van der Waals surface area contributed by atoms with Crippen LogP contribution in [0.5, 0.6) is 0 Å². The number of carbonyl (C=O) groups is 1. The maximum Gasteiger partial charge on any atom is 0.303 e. The van der Waals surface area contributed by atoms with Crippen molar-refractivity contribution in [1.29, 1.82) is 0 Å². The van der Waals surface area contributed by atoms with Gasteiger partial charge in [0.1, 0.15) is 0 Å². The minimum absolute atomic E-state index is 0.231. The Morgan fingerprint density at radius 2 is 2.00 bits per heavy atom. The average Bonchev–Trinajstić information content (AvgIpc) is 2.18. The number of benzene rings is 1. The first-order valence-corrected chi connectivity index (χ1v) is 4.95. The Morgan fingerprint density at radius 1 is 1.36 bits per heavy atom. The molecule has 0 aliphatic heterocycles. The molecule has 0 aliphatic rings. The molecule has 2 nitrogen and oxygen atoms in total. The van der Waals surface area contributed by atoms with Crippen molar-refractivity contribution in [2.45, 2.75) is 19.3 Å². The quantitative estimate of drug-likeness (QED) is 0.755. The van der Waals surface area contributed by atoms with Crippen LogP contribution in [0.4, 0.5) is 0 Å². The smallest absolute Gasteiger partial charge is 0.303 e. The highest BCUT2D eigenvalue weighted by atomic mass is 32.1. The molecule has 1 N–H and O–H groups in total. The van der Waals surface area contributed by atoms with E-state index in [-0.39, 0.29) is 6.42 Å². The Balaban J connectivity index is 2.43. The molecule has 0 saturated heterocycles. The van der Waals surface area contributed by atoms with Gasteiger partial charge in [0.25, 0.3) is 0 Å². The molecule has 0 saturated carbocycles. The molecule has 0 aliphatic carbocycles. The van der Waals surface area contributed by atoms with E-state index in [0.717, 1.165) is 17.5 Å². The standard InChI is InChI=1S/C11H12O2S/c12-11(13)3-1-2-9-4-6-10(8-14)7-5-9/h4-8H,1-3H2,(H,12,13). The second-order valence-electron chi connectivity index (χ2n) is 3.11. The molecule has 1 rings (SSSR count). The maximum absolute atomic E-state index is 10.3. The van der Waals surface area contributed by atoms with E-state index in [2.05, 4.69) is 0 Å². The molecule has 0 amide bonds. The number of aryl methyl sites for hydroxylation is 1. The van der Waals surface area contributed by atoms with Gasteiger partial charge in [0, 0.05) is 11.8 Å². The van der Waals surface area contributed by atoms with Crippen LogP contribution in [0.3, 0.4) is 0 Å². The van der Waals surface area contributed by atoms with Crippen molar-refractivity contribution in [1.82, 2.24) is 0 Å². The molecule has 3 heteroatoms. The summed E-state index contributed by atoms with van der Waals surface area (Å²) in [6.45, 7) is 0.